The van der Waals surface area contributed by atoms with E-state index in [0.29, 0.717) is 24.1 Å². The Labute approximate surface area is 139 Å². The maximum Gasteiger partial charge on any atom is 0.232 e. The summed E-state index contributed by atoms with van der Waals surface area (Å²) in [6.45, 7) is 4.72. The molecule has 1 aromatic heterocycles. The van der Waals surface area contributed by atoms with E-state index in [1.807, 2.05) is 19.2 Å². The van der Waals surface area contributed by atoms with Crippen molar-refractivity contribution >= 4 is 28.0 Å². The van der Waals surface area contributed by atoms with E-state index in [9.17, 15) is 9.00 Å². The van der Waals surface area contributed by atoms with E-state index < -0.39 is 10.8 Å². The number of rotatable bonds is 7. The Morgan fingerprint density at radius 1 is 1.41 bits per heavy atom. The maximum absolute atomic E-state index is 12.1. The Kier molecular flexibility index (Phi) is 7.02. The third-order valence-corrected chi connectivity index (χ3v) is 6.09. The van der Waals surface area contributed by atoms with Gasteiger partial charge in [-0.1, -0.05) is 33.1 Å². The van der Waals surface area contributed by atoms with Crippen molar-refractivity contribution in [1.82, 2.24) is 10.3 Å². The van der Waals surface area contributed by atoms with Crippen molar-refractivity contribution in [2.45, 2.75) is 57.6 Å². The molecule has 6 heteroatoms. The van der Waals surface area contributed by atoms with E-state index in [2.05, 4.69) is 10.3 Å². The number of carbonyl (C=O) groups excluding carboxylic acids is 1. The molecule has 1 unspecified atom stereocenters. The molecule has 1 N–H and O–H groups in total. The first kappa shape index (κ1) is 17.6. The number of hydrogen-bond acceptors (Lipinski definition) is 4. The summed E-state index contributed by atoms with van der Waals surface area (Å²) < 4.78 is 12.1. The minimum Gasteiger partial charge on any atom is -0.355 e. The van der Waals surface area contributed by atoms with Gasteiger partial charge in [0.15, 0.2) is 0 Å². The second kappa shape index (κ2) is 8.77. The summed E-state index contributed by atoms with van der Waals surface area (Å²) in [5, 5.41) is 6.00. The van der Waals surface area contributed by atoms with Gasteiger partial charge in [0.2, 0.25) is 5.91 Å². The molecule has 0 saturated heterocycles. The van der Waals surface area contributed by atoms with Gasteiger partial charge in [-0.25, -0.2) is 4.98 Å². The summed E-state index contributed by atoms with van der Waals surface area (Å²) in [5.74, 6) is 1.33. The van der Waals surface area contributed by atoms with Gasteiger partial charge in [0.25, 0.3) is 0 Å². The smallest absolute Gasteiger partial charge is 0.232 e. The van der Waals surface area contributed by atoms with Crippen LogP contribution in [0.25, 0.3) is 0 Å². The monoisotopic (exact) mass is 342 g/mol. The van der Waals surface area contributed by atoms with E-state index >= 15 is 0 Å². The van der Waals surface area contributed by atoms with Crippen LogP contribution in [-0.4, -0.2) is 27.4 Å². The van der Waals surface area contributed by atoms with E-state index in [1.165, 1.54) is 37.1 Å². The molecule has 22 heavy (non-hydrogen) atoms. The fourth-order valence-electron chi connectivity index (χ4n) is 2.66. The van der Waals surface area contributed by atoms with Crippen molar-refractivity contribution in [2.75, 3.05) is 12.3 Å². The molecule has 0 aromatic carbocycles. The van der Waals surface area contributed by atoms with Crippen LogP contribution in [-0.2, 0) is 21.3 Å². The summed E-state index contributed by atoms with van der Waals surface area (Å²) in [4.78, 5) is 16.3. The minimum absolute atomic E-state index is 0.0724. The third kappa shape index (κ3) is 5.80. The van der Waals surface area contributed by atoms with Gasteiger partial charge in [-0.2, -0.15) is 0 Å². The van der Waals surface area contributed by atoms with Gasteiger partial charge < -0.3 is 5.32 Å². The lowest BCUT2D eigenvalue weighted by Gasteiger charge is -2.18. The van der Waals surface area contributed by atoms with Gasteiger partial charge in [0.05, 0.1) is 16.5 Å². The van der Waals surface area contributed by atoms with Crippen LogP contribution in [0.5, 0.6) is 0 Å². The average Bonchev–Trinajstić information content (AvgIpc) is 2.94. The Morgan fingerprint density at radius 2 is 2.14 bits per heavy atom. The molecule has 4 nitrogen and oxygen atoms in total. The summed E-state index contributed by atoms with van der Waals surface area (Å²) >= 11 is 1.69. The minimum atomic E-state index is -1.18. The highest BCUT2D eigenvalue weighted by atomic mass is 32.2. The van der Waals surface area contributed by atoms with Crippen molar-refractivity contribution in [1.29, 1.82) is 0 Å². The van der Waals surface area contributed by atoms with Gasteiger partial charge >= 0.3 is 0 Å². The zero-order valence-electron chi connectivity index (χ0n) is 13.5. The average molecular weight is 343 g/mol. The lowest BCUT2D eigenvalue weighted by Crippen LogP contribution is -2.31. The van der Waals surface area contributed by atoms with Crippen LogP contribution in [0.4, 0.5) is 0 Å². The van der Waals surface area contributed by atoms with Crippen molar-refractivity contribution in [3.63, 3.8) is 0 Å². The zero-order chi connectivity index (χ0) is 15.9. The molecular weight excluding hydrogens is 316 g/mol. The molecule has 1 heterocycles. The molecule has 0 bridgehead atoms. The van der Waals surface area contributed by atoms with Gasteiger partial charge in [-0.05, 0) is 18.8 Å². The standard InChI is InChI=1S/C16H26N2O2S2/c1-12(2)8-17-15(19)11-22(20)10-14-9-21-16(18-14)13-6-4-3-5-7-13/h9,12-13H,3-8,10-11H2,1-2H3,(H,17,19). The molecule has 1 saturated carbocycles. The maximum atomic E-state index is 12.1. The zero-order valence-corrected chi connectivity index (χ0v) is 15.1. The first-order valence-electron chi connectivity index (χ1n) is 8.10. The number of nitrogens with one attached hydrogen (secondary N) is 1. The number of hydrogen-bond donors (Lipinski definition) is 1. The first-order chi connectivity index (χ1) is 10.5. The molecule has 0 spiro atoms. The number of thiazole rings is 1. The van der Waals surface area contributed by atoms with Crippen molar-refractivity contribution in [3.8, 4) is 0 Å². The van der Waals surface area contributed by atoms with Crippen LogP contribution >= 0.6 is 11.3 Å². The number of nitrogens with zero attached hydrogens (tertiary/aromatic N) is 1. The molecule has 1 aromatic rings. The van der Waals surface area contributed by atoms with Crippen LogP contribution in [0.2, 0.25) is 0 Å². The summed E-state index contributed by atoms with van der Waals surface area (Å²) in [7, 11) is -1.18. The highest BCUT2D eigenvalue weighted by Gasteiger charge is 2.19. The molecular formula is C16H26N2O2S2. The topological polar surface area (TPSA) is 59.1 Å². The second-order valence-corrected chi connectivity index (χ2v) is 8.79. The number of aromatic nitrogens is 1. The normalized spacial score (nSPS) is 17.6. The van der Waals surface area contributed by atoms with E-state index in [4.69, 9.17) is 0 Å². The van der Waals surface area contributed by atoms with E-state index in [0.717, 1.165) is 5.69 Å². The first-order valence-corrected chi connectivity index (χ1v) is 10.5. The highest BCUT2D eigenvalue weighted by molar-refractivity contribution is 7.84. The van der Waals surface area contributed by atoms with Crippen molar-refractivity contribution in [2.24, 2.45) is 5.92 Å². The fraction of sp³-hybridized carbons (Fsp3) is 0.750. The van der Waals surface area contributed by atoms with Crippen LogP contribution in [0, 0.1) is 5.92 Å². The van der Waals surface area contributed by atoms with Crippen LogP contribution in [0.1, 0.15) is 62.6 Å². The van der Waals surface area contributed by atoms with E-state index in [1.54, 1.807) is 11.3 Å². The molecule has 0 aliphatic heterocycles. The lowest BCUT2D eigenvalue weighted by atomic mass is 9.90. The molecule has 1 aliphatic carbocycles. The van der Waals surface area contributed by atoms with Gasteiger partial charge in [-0.15, -0.1) is 11.3 Å². The molecule has 2 rings (SSSR count). The molecule has 124 valence electrons. The molecule has 1 amide bonds. The Balaban J connectivity index is 1.79. The summed E-state index contributed by atoms with van der Waals surface area (Å²) in [6, 6.07) is 0. The van der Waals surface area contributed by atoms with Gasteiger partial charge in [-0.3, -0.25) is 9.00 Å². The number of carbonyl (C=O) groups is 1. The quantitative estimate of drug-likeness (QED) is 0.828. The molecule has 0 radical (unpaired) electrons. The largest absolute Gasteiger partial charge is 0.355 e. The SMILES string of the molecule is CC(C)CNC(=O)CS(=O)Cc1csc(C2CCCCC2)n1. The van der Waals surface area contributed by atoms with E-state index in [-0.39, 0.29) is 11.7 Å². The highest BCUT2D eigenvalue weighted by Crippen LogP contribution is 2.34. The second-order valence-electron chi connectivity index (χ2n) is 6.44. The van der Waals surface area contributed by atoms with Crippen LogP contribution in [0.15, 0.2) is 5.38 Å². The Bertz CT molecular complexity index is 508. The van der Waals surface area contributed by atoms with Gasteiger partial charge in [0, 0.05) is 28.6 Å². The predicted octanol–water partition coefficient (Wildman–Crippen LogP) is 3.21. The van der Waals surface area contributed by atoms with Crippen LogP contribution in [0.3, 0.4) is 0 Å². The van der Waals surface area contributed by atoms with Crippen LogP contribution < -0.4 is 5.32 Å². The van der Waals surface area contributed by atoms with Crippen molar-refractivity contribution in [3.05, 3.63) is 16.1 Å². The molecule has 1 fully saturated rings. The predicted molar refractivity (Wildman–Crippen MR) is 92.5 cm³/mol. The number of amides is 1. The van der Waals surface area contributed by atoms with Gasteiger partial charge in [0.1, 0.15) is 5.75 Å². The fourth-order valence-corrected chi connectivity index (χ4v) is 4.73. The summed E-state index contributed by atoms with van der Waals surface area (Å²) in [6.07, 6.45) is 6.38. The summed E-state index contributed by atoms with van der Waals surface area (Å²) in [5.41, 5.74) is 0.876. The molecule has 1 atom stereocenters. The third-order valence-electron chi connectivity index (χ3n) is 3.83. The lowest BCUT2D eigenvalue weighted by molar-refractivity contribution is -0.118. The van der Waals surface area contributed by atoms with Crippen molar-refractivity contribution < 1.29 is 9.00 Å². The molecule has 1 aliphatic rings. The Morgan fingerprint density at radius 3 is 2.82 bits per heavy atom. The Hall–Kier alpha value is -0.750.